The van der Waals surface area contributed by atoms with E-state index in [4.69, 9.17) is 18.5 Å². The molecule has 0 aliphatic rings. The van der Waals surface area contributed by atoms with Crippen LogP contribution in [0.15, 0.2) is 72.9 Å². The number of unbranched alkanes of at least 4 members (excludes halogenated alkanes) is 9. The van der Waals surface area contributed by atoms with E-state index in [-0.39, 0.29) is 32.2 Å². The van der Waals surface area contributed by atoms with Gasteiger partial charge in [-0.2, -0.15) is 0 Å². The number of rotatable bonds is 38. The van der Waals surface area contributed by atoms with Crippen molar-refractivity contribution in [2.45, 2.75) is 161 Å². The highest BCUT2D eigenvalue weighted by Crippen LogP contribution is 2.38. The number of quaternary nitrogens is 1. The van der Waals surface area contributed by atoms with E-state index in [0.29, 0.717) is 30.3 Å². The average Bonchev–Trinajstić information content (AvgIpc) is 3.16. The van der Waals surface area contributed by atoms with E-state index in [1.165, 1.54) is 25.7 Å². The summed E-state index contributed by atoms with van der Waals surface area (Å²) in [6.07, 6.45) is 43.0. The van der Waals surface area contributed by atoms with Crippen LogP contribution in [0.3, 0.4) is 0 Å². The number of phosphoric acid groups is 1. The van der Waals surface area contributed by atoms with Crippen molar-refractivity contribution in [3.05, 3.63) is 72.9 Å². The van der Waals surface area contributed by atoms with Crippen molar-refractivity contribution in [2.75, 3.05) is 47.5 Å². The fraction of sp³-hybridized carbons (Fsp3) is 0.696. The monoisotopic (exact) mass is 822 g/mol. The predicted molar refractivity (Wildman–Crippen MR) is 232 cm³/mol. The van der Waals surface area contributed by atoms with Gasteiger partial charge in [0.1, 0.15) is 19.8 Å². The van der Waals surface area contributed by atoms with Gasteiger partial charge in [-0.1, -0.05) is 119 Å². The average molecular weight is 822 g/mol. The summed E-state index contributed by atoms with van der Waals surface area (Å²) < 4.78 is 33.8. The molecule has 0 saturated carbocycles. The summed E-state index contributed by atoms with van der Waals surface area (Å²) in [7, 11) is 1.09. The molecule has 1 N–H and O–H groups in total. The number of hydrogen-bond donors (Lipinski definition) is 1. The van der Waals surface area contributed by atoms with Gasteiger partial charge in [-0.15, -0.1) is 0 Å². The number of ether oxygens (including phenoxy) is 2. The zero-order valence-electron chi connectivity index (χ0n) is 36.4. The third-order valence-corrected chi connectivity index (χ3v) is 9.83. The number of carbonyl (C=O) groups is 2. The van der Waals surface area contributed by atoms with Crippen molar-refractivity contribution < 1.29 is 47.2 Å². The number of likely N-dealkylation sites (N-methyl/N-ethyl adjacent to an activating group) is 1. The minimum atomic E-state index is -4.65. The van der Waals surface area contributed by atoms with Crippen LogP contribution in [0.25, 0.3) is 0 Å². The van der Waals surface area contributed by atoms with E-state index in [1.807, 2.05) is 40.2 Å². The molecule has 328 valence electrons. The van der Waals surface area contributed by atoms with Crippen LogP contribution in [-0.4, -0.2) is 81.2 Å². The molecule has 0 saturated heterocycles. The van der Waals surface area contributed by atoms with Crippen LogP contribution in [0.5, 0.6) is 0 Å². The summed E-state index contributed by atoms with van der Waals surface area (Å²) in [4.78, 5) is 37.5. The lowest BCUT2D eigenvalue weighted by Crippen LogP contribution is -2.37. The molecule has 0 fully saturated rings. The third kappa shape index (κ3) is 41.4. The molecule has 0 rings (SSSR count). The summed E-state index contributed by atoms with van der Waals surface area (Å²) in [5.74, 6) is -0.942. The number of aliphatic hydroxyl groups excluding tert-OH is 1. The van der Waals surface area contributed by atoms with E-state index in [0.717, 1.165) is 77.0 Å². The molecule has 0 aromatic carbocycles. The maximum atomic E-state index is 12.6. The molecule has 3 atom stereocenters. The Bertz CT molecular complexity index is 1220. The van der Waals surface area contributed by atoms with Gasteiger partial charge in [-0.05, 0) is 89.9 Å². The number of hydrogen-bond acceptors (Lipinski definition) is 9. The molecule has 0 aromatic rings. The molecule has 0 aliphatic carbocycles. The number of allylic oxidation sites excluding steroid dienone is 12. The summed E-state index contributed by atoms with van der Waals surface area (Å²) >= 11 is 0. The van der Waals surface area contributed by atoms with Gasteiger partial charge in [0.05, 0.1) is 33.9 Å². The van der Waals surface area contributed by atoms with Crippen LogP contribution in [0.1, 0.15) is 149 Å². The Hall–Kier alpha value is -2.59. The van der Waals surface area contributed by atoms with Crippen LogP contribution in [-0.2, 0) is 32.7 Å². The topological polar surface area (TPSA) is 131 Å². The zero-order chi connectivity index (χ0) is 42.3. The Morgan fingerprint density at radius 2 is 1.12 bits per heavy atom. The van der Waals surface area contributed by atoms with Crippen molar-refractivity contribution >= 4 is 19.8 Å². The molecule has 1 unspecified atom stereocenters. The van der Waals surface area contributed by atoms with Crippen LogP contribution in [0.4, 0.5) is 0 Å². The Morgan fingerprint density at radius 3 is 1.68 bits per heavy atom. The van der Waals surface area contributed by atoms with E-state index in [9.17, 15) is 24.2 Å². The first-order chi connectivity index (χ1) is 27.4. The van der Waals surface area contributed by atoms with Crippen molar-refractivity contribution in [2.24, 2.45) is 0 Å². The molecule has 0 amide bonds. The molecular formula is C46H80NO9P. The maximum absolute atomic E-state index is 12.6. The predicted octanol–water partition coefficient (Wildman–Crippen LogP) is 10.6. The van der Waals surface area contributed by atoms with Gasteiger partial charge in [0, 0.05) is 12.8 Å². The lowest BCUT2D eigenvalue weighted by molar-refractivity contribution is -0.870. The number of carbonyl (C=O) groups excluding carboxylic acids is 2. The maximum Gasteiger partial charge on any atom is 0.306 e. The molecule has 57 heavy (non-hydrogen) atoms. The first-order valence-electron chi connectivity index (χ1n) is 21.7. The molecule has 0 radical (unpaired) electrons. The van der Waals surface area contributed by atoms with Crippen molar-refractivity contribution in [3.63, 3.8) is 0 Å². The number of aliphatic hydroxyl groups is 1. The van der Waals surface area contributed by atoms with Gasteiger partial charge in [0.25, 0.3) is 7.82 Å². The fourth-order valence-electron chi connectivity index (χ4n) is 5.24. The lowest BCUT2D eigenvalue weighted by atomic mass is 10.1. The van der Waals surface area contributed by atoms with Crippen LogP contribution < -0.4 is 4.89 Å². The van der Waals surface area contributed by atoms with Crippen molar-refractivity contribution in [1.82, 2.24) is 0 Å². The summed E-state index contributed by atoms with van der Waals surface area (Å²) in [6.45, 7) is 3.80. The largest absolute Gasteiger partial charge is 0.756 e. The van der Waals surface area contributed by atoms with Gasteiger partial charge in [0.2, 0.25) is 0 Å². The minimum absolute atomic E-state index is 0.0533. The van der Waals surface area contributed by atoms with E-state index < -0.39 is 32.5 Å². The minimum Gasteiger partial charge on any atom is -0.756 e. The van der Waals surface area contributed by atoms with E-state index in [1.54, 1.807) is 0 Å². The lowest BCUT2D eigenvalue weighted by Gasteiger charge is -2.28. The van der Waals surface area contributed by atoms with Crippen LogP contribution in [0, 0.1) is 0 Å². The molecule has 11 heteroatoms. The molecule has 0 heterocycles. The summed E-state index contributed by atoms with van der Waals surface area (Å²) in [5.41, 5.74) is 0. The second-order valence-electron chi connectivity index (χ2n) is 15.5. The Kier molecular flexibility index (Phi) is 36.0. The zero-order valence-corrected chi connectivity index (χ0v) is 37.3. The molecule has 0 spiro atoms. The van der Waals surface area contributed by atoms with Crippen LogP contribution >= 0.6 is 7.82 Å². The SMILES string of the molecule is CCCCC/C=C\C/C=C\CCCCCCCC(=O)OC[C@H](COP(=O)([O-])OCC[N+](C)(C)C)OC(=O)CCC/C=C\C/C=C\C/C=C\C/C=C\CC[C@H](O)CC. The van der Waals surface area contributed by atoms with Crippen molar-refractivity contribution in [3.8, 4) is 0 Å². The molecular weight excluding hydrogens is 741 g/mol. The molecule has 0 bridgehead atoms. The summed E-state index contributed by atoms with van der Waals surface area (Å²) in [5, 5.41) is 9.57. The first kappa shape index (κ1) is 54.4. The number of esters is 2. The van der Waals surface area contributed by atoms with E-state index in [2.05, 4.69) is 67.7 Å². The standard InChI is InChI=1S/C46H80NO9P/c1-6-8-9-10-11-12-13-14-15-19-22-25-28-31-34-37-45(49)53-41-44(42-55-57(51,52)54-40-39-47(3,4)5)56-46(50)38-35-32-29-26-23-20-17-16-18-21-24-27-30-33-36-43(48)7-2/h11-12,14-15,17-18,20-21,26-27,29-30,43-44,48H,6-10,13,16,19,22-25,28,31-42H2,1-5H3/b12-11-,15-14-,20-17-,21-18-,29-26-,30-27-/t43-,44-/m1/s1. The number of nitrogens with zero attached hydrogens (tertiary/aromatic N) is 1. The van der Waals surface area contributed by atoms with Gasteiger partial charge >= 0.3 is 11.9 Å². The Balaban J connectivity index is 4.52. The highest BCUT2D eigenvalue weighted by Gasteiger charge is 2.21. The third-order valence-electron chi connectivity index (χ3n) is 8.86. The highest BCUT2D eigenvalue weighted by molar-refractivity contribution is 7.45. The highest BCUT2D eigenvalue weighted by atomic mass is 31.2. The normalized spacial score (nSPS) is 14.9. The molecule has 0 aromatic heterocycles. The van der Waals surface area contributed by atoms with Gasteiger partial charge < -0.3 is 33.0 Å². The number of phosphoric ester groups is 1. The Morgan fingerprint density at radius 1 is 0.632 bits per heavy atom. The van der Waals surface area contributed by atoms with Crippen molar-refractivity contribution in [1.29, 1.82) is 0 Å². The quantitative estimate of drug-likeness (QED) is 0.0213. The van der Waals surface area contributed by atoms with Crippen LogP contribution in [0.2, 0.25) is 0 Å². The first-order valence-corrected chi connectivity index (χ1v) is 23.2. The van der Waals surface area contributed by atoms with Gasteiger partial charge in [-0.3, -0.25) is 14.2 Å². The Labute approximate surface area is 347 Å². The van der Waals surface area contributed by atoms with E-state index >= 15 is 0 Å². The fourth-order valence-corrected chi connectivity index (χ4v) is 5.97. The van der Waals surface area contributed by atoms with Gasteiger partial charge in [0.15, 0.2) is 6.10 Å². The molecule has 0 aliphatic heterocycles. The van der Waals surface area contributed by atoms with Gasteiger partial charge in [-0.25, -0.2) is 0 Å². The second-order valence-corrected chi connectivity index (χ2v) is 16.9. The summed E-state index contributed by atoms with van der Waals surface area (Å²) in [6, 6.07) is 0. The molecule has 10 nitrogen and oxygen atoms in total. The second kappa shape index (κ2) is 37.7. The smallest absolute Gasteiger partial charge is 0.306 e.